The van der Waals surface area contributed by atoms with Gasteiger partial charge in [0.25, 0.3) is 0 Å². The minimum atomic E-state index is 0.269. The molecule has 1 fully saturated rings. The largest absolute Gasteiger partial charge is 0.486 e. The number of nitrogens with zero attached hydrogens (tertiary/aromatic N) is 2. The summed E-state index contributed by atoms with van der Waals surface area (Å²) in [5, 5.41) is 3.27. The average molecular weight is 193 g/mol. The molecule has 0 bridgehead atoms. The van der Waals surface area contributed by atoms with Gasteiger partial charge in [0, 0.05) is 6.04 Å². The molecule has 2 rings (SSSR count). The van der Waals surface area contributed by atoms with Gasteiger partial charge in [-0.3, -0.25) is 0 Å². The molecule has 0 radical (unpaired) electrons. The summed E-state index contributed by atoms with van der Waals surface area (Å²) < 4.78 is 5.79. The van der Waals surface area contributed by atoms with Crippen molar-refractivity contribution >= 4 is 0 Å². The van der Waals surface area contributed by atoms with Crippen molar-refractivity contribution < 1.29 is 4.74 Å². The minimum Gasteiger partial charge on any atom is -0.486 e. The summed E-state index contributed by atoms with van der Waals surface area (Å²) in [5.41, 5.74) is 0. The summed E-state index contributed by atoms with van der Waals surface area (Å²) in [6.45, 7) is 0. The average Bonchev–Trinajstić information content (AvgIpc) is 2.67. The maximum Gasteiger partial charge on any atom is 0.156 e. The van der Waals surface area contributed by atoms with Crippen LogP contribution in [0, 0.1) is 0 Å². The summed E-state index contributed by atoms with van der Waals surface area (Å²) in [6, 6.07) is 0.468. The number of likely N-dealkylation sites (N-methyl/N-ethyl adjacent to an activating group) is 1. The topological polar surface area (TPSA) is 47.0 Å². The Balaban J connectivity index is 1.97. The number of hydrogen-bond donors (Lipinski definition) is 1. The molecule has 0 amide bonds. The van der Waals surface area contributed by atoms with Crippen molar-refractivity contribution in [1.82, 2.24) is 15.3 Å². The molecule has 1 saturated carbocycles. The lowest BCUT2D eigenvalue weighted by molar-refractivity contribution is 0.177. The zero-order chi connectivity index (χ0) is 9.80. The highest BCUT2D eigenvalue weighted by molar-refractivity contribution is 5.11. The zero-order valence-electron chi connectivity index (χ0n) is 8.31. The third-order valence-electron chi connectivity index (χ3n) is 2.65. The fraction of sp³-hybridized carbons (Fsp3) is 0.600. The van der Waals surface area contributed by atoms with Crippen molar-refractivity contribution in [2.75, 3.05) is 7.05 Å². The summed E-state index contributed by atoms with van der Waals surface area (Å²) in [5.74, 6) is 0.764. The van der Waals surface area contributed by atoms with E-state index in [4.69, 9.17) is 4.74 Å². The molecule has 1 N–H and O–H groups in total. The molecule has 2 atom stereocenters. The molecule has 76 valence electrons. The van der Waals surface area contributed by atoms with Crippen LogP contribution in [0.5, 0.6) is 5.75 Å². The molecule has 2 unspecified atom stereocenters. The van der Waals surface area contributed by atoms with Gasteiger partial charge in [-0.2, -0.15) is 0 Å². The second kappa shape index (κ2) is 4.37. The van der Waals surface area contributed by atoms with Gasteiger partial charge >= 0.3 is 0 Å². The number of rotatable bonds is 3. The molecule has 0 aliphatic heterocycles. The van der Waals surface area contributed by atoms with Crippen molar-refractivity contribution in [3.8, 4) is 5.75 Å². The van der Waals surface area contributed by atoms with Gasteiger partial charge in [0.15, 0.2) is 5.75 Å². The first kappa shape index (κ1) is 9.40. The summed E-state index contributed by atoms with van der Waals surface area (Å²) in [4.78, 5) is 7.84. The van der Waals surface area contributed by atoms with Crippen LogP contribution in [0.1, 0.15) is 19.3 Å². The SMILES string of the molecule is CNC1CCCC1Oc1cncnc1. The molecule has 1 aromatic heterocycles. The van der Waals surface area contributed by atoms with E-state index in [2.05, 4.69) is 15.3 Å². The predicted molar refractivity (Wildman–Crippen MR) is 53.1 cm³/mol. The number of nitrogens with one attached hydrogen (secondary N) is 1. The number of hydrogen-bond acceptors (Lipinski definition) is 4. The highest BCUT2D eigenvalue weighted by Crippen LogP contribution is 2.23. The summed E-state index contributed by atoms with van der Waals surface area (Å²) >= 11 is 0. The van der Waals surface area contributed by atoms with E-state index in [0.717, 1.165) is 12.2 Å². The maximum atomic E-state index is 5.79. The van der Waals surface area contributed by atoms with E-state index in [1.807, 2.05) is 7.05 Å². The normalized spacial score (nSPS) is 26.4. The van der Waals surface area contributed by atoms with Gasteiger partial charge in [-0.05, 0) is 26.3 Å². The number of ether oxygens (including phenoxy) is 1. The minimum absolute atomic E-state index is 0.269. The van der Waals surface area contributed by atoms with Crippen LogP contribution in [0.25, 0.3) is 0 Å². The molecule has 0 saturated heterocycles. The van der Waals surface area contributed by atoms with Crippen molar-refractivity contribution in [3.05, 3.63) is 18.7 Å². The third-order valence-corrected chi connectivity index (χ3v) is 2.65. The molecule has 14 heavy (non-hydrogen) atoms. The highest BCUT2D eigenvalue weighted by atomic mass is 16.5. The molecule has 1 aliphatic rings. The molecule has 1 aromatic rings. The maximum absolute atomic E-state index is 5.79. The van der Waals surface area contributed by atoms with E-state index in [1.54, 1.807) is 12.4 Å². The lowest BCUT2D eigenvalue weighted by Crippen LogP contribution is -2.36. The predicted octanol–water partition coefficient (Wildman–Crippen LogP) is 0.996. The van der Waals surface area contributed by atoms with E-state index in [9.17, 15) is 0 Å². The van der Waals surface area contributed by atoms with E-state index in [-0.39, 0.29) is 6.10 Å². The summed E-state index contributed by atoms with van der Waals surface area (Å²) in [6.07, 6.45) is 8.72. The Labute approximate surface area is 83.7 Å². The van der Waals surface area contributed by atoms with Gasteiger partial charge < -0.3 is 10.1 Å². The van der Waals surface area contributed by atoms with Gasteiger partial charge in [-0.25, -0.2) is 9.97 Å². The first-order chi connectivity index (χ1) is 6.90. The van der Waals surface area contributed by atoms with E-state index in [0.29, 0.717) is 6.04 Å². The Morgan fingerprint density at radius 2 is 2.14 bits per heavy atom. The molecular weight excluding hydrogens is 178 g/mol. The first-order valence-electron chi connectivity index (χ1n) is 4.99. The van der Waals surface area contributed by atoms with Crippen LogP contribution in [0.3, 0.4) is 0 Å². The third kappa shape index (κ3) is 2.01. The fourth-order valence-electron chi connectivity index (χ4n) is 1.92. The Kier molecular flexibility index (Phi) is 2.93. The summed E-state index contributed by atoms with van der Waals surface area (Å²) in [7, 11) is 1.98. The first-order valence-corrected chi connectivity index (χ1v) is 4.99. The second-order valence-corrected chi connectivity index (χ2v) is 3.56. The van der Waals surface area contributed by atoms with Crippen LogP contribution >= 0.6 is 0 Å². The fourth-order valence-corrected chi connectivity index (χ4v) is 1.92. The van der Waals surface area contributed by atoms with Crippen molar-refractivity contribution in [2.24, 2.45) is 0 Å². The monoisotopic (exact) mass is 193 g/mol. The van der Waals surface area contributed by atoms with Gasteiger partial charge in [-0.15, -0.1) is 0 Å². The van der Waals surface area contributed by atoms with Crippen molar-refractivity contribution in [1.29, 1.82) is 0 Å². The quantitative estimate of drug-likeness (QED) is 0.777. The van der Waals surface area contributed by atoms with Crippen LogP contribution in [0.15, 0.2) is 18.7 Å². The van der Waals surface area contributed by atoms with Crippen molar-refractivity contribution in [2.45, 2.75) is 31.4 Å². The lowest BCUT2D eigenvalue weighted by atomic mass is 10.2. The second-order valence-electron chi connectivity index (χ2n) is 3.56. The lowest BCUT2D eigenvalue weighted by Gasteiger charge is -2.19. The Bertz CT molecular complexity index is 278. The zero-order valence-corrected chi connectivity index (χ0v) is 8.31. The Hall–Kier alpha value is -1.16. The standard InChI is InChI=1S/C10H15N3O/c1-11-9-3-2-4-10(9)14-8-5-12-7-13-6-8/h5-7,9-11H,2-4H2,1H3. The van der Waals surface area contributed by atoms with Crippen LogP contribution in [0.4, 0.5) is 0 Å². The van der Waals surface area contributed by atoms with E-state index >= 15 is 0 Å². The Morgan fingerprint density at radius 1 is 1.36 bits per heavy atom. The van der Waals surface area contributed by atoms with Crippen molar-refractivity contribution in [3.63, 3.8) is 0 Å². The molecular formula is C10H15N3O. The van der Waals surface area contributed by atoms with Crippen LogP contribution < -0.4 is 10.1 Å². The van der Waals surface area contributed by atoms with Crippen LogP contribution in [-0.4, -0.2) is 29.2 Å². The van der Waals surface area contributed by atoms with Gasteiger partial charge in [0.2, 0.25) is 0 Å². The Morgan fingerprint density at radius 3 is 2.86 bits per heavy atom. The van der Waals surface area contributed by atoms with E-state index < -0.39 is 0 Å². The molecule has 0 aromatic carbocycles. The molecule has 4 heteroatoms. The molecule has 0 spiro atoms. The van der Waals surface area contributed by atoms with E-state index in [1.165, 1.54) is 19.2 Å². The van der Waals surface area contributed by atoms with Gasteiger partial charge in [0.1, 0.15) is 12.4 Å². The van der Waals surface area contributed by atoms with Crippen LogP contribution in [-0.2, 0) is 0 Å². The van der Waals surface area contributed by atoms with Gasteiger partial charge in [-0.1, -0.05) is 0 Å². The number of aromatic nitrogens is 2. The highest BCUT2D eigenvalue weighted by Gasteiger charge is 2.27. The smallest absolute Gasteiger partial charge is 0.156 e. The molecule has 1 heterocycles. The molecule has 4 nitrogen and oxygen atoms in total. The van der Waals surface area contributed by atoms with Gasteiger partial charge in [0.05, 0.1) is 12.4 Å². The van der Waals surface area contributed by atoms with Crippen LogP contribution in [0.2, 0.25) is 0 Å². The molecule has 1 aliphatic carbocycles.